The van der Waals surface area contributed by atoms with Gasteiger partial charge in [-0.1, -0.05) is 0 Å². The van der Waals surface area contributed by atoms with Gasteiger partial charge in [0.25, 0.3) is 5.11 Å². The van der Waals surface area contributed by atoms with Crippen molar-refractivity contribution in [2.45, 2.75) is 6.92 Å². The van der Waals surface area contributed by atoms with Crippen LogP contribution in [0.4, 0.5) is 0 Å². The summed E-state index contributed by atoms with van der Waals surface area (Å²) in [6, 6.07) is 0. The molecule has 2 nitrogen and oxygen atoms in total. The van der Waals surface area contributed by atoms with Gasteiger partial charge in [0, 0.05) is 18.8 Å². The summed E-state index contributed by atoms with van der Waals surface area (Å²) in [7, 11) is 4.08. The third-order valence-corrected chi connectivity index (χ3v) is 3.38. The van der Waals surface area contributed by atoms with E-state index in [0.29, 0.717) is 4.48 Å². The van der Waals surface area contributed by atoms with Gasteiger partial charge in [-0.3, -0.25) is 0 Å². The Morgan fingerprint density at radius 3 is 2.18 bits per heavy atom. The molecule has 0 aromatic rings. The summed E-state index contributed by atoms with van der Waals surface area (Å²) in [6.45, 7) is 3.90. The summed E-state index contributed by atoms with van der Waals surface area (Å²) in [4.78, 5) is 3.15. The molecule has 0 amide bonds. The highest BCUT2D eigenvalue weighted by atomic mass is 32.1. The van der Waals surface area contributed by atoms with Gasteiger partial charge in [0.15, 0.2) is 0 Å². The fourth-order valence-corrected chi connectivity index (χ4v) is 1.72. The Labute approximate surface area is 78.4 Å². The lowest BCUT2D eigenvalue weighted by atomic mass is 10.5. The third kappa shape index (κ3) is 1.30. The van der Waals surface area contributed by atoms with Gasteiger partial charge >= 0.3 is 0 Å². The maximum Gasteiger partial charge on any atom is 0.278 e. The van der Waals surface area contributed by atoms with Crippen molar-refractivity contribution in [1.82, 2.24) is 4.90 Å². The van der Waals surface area contributed by atoms with Crippen LogP contribution < -0.4 is 0 Å². The molecule has 1 saturated heterocycles. The molecule has 62 valence electrons. The Bertz CT molecular complexity index is 210. The smallest absolute Gasteiger partial charge is 0.278 e. The third-order valence-electron chi connectivity index (χ3n) is 2.08. The lowest BCUT2D eigenvalue weighted by Crippen LogP contribution is -2.45. The molecular weight excluding hydrogens is 176 g/mol. The topological polar surface area (TPSA) is 3.24 Å². The molecule has 0 radical (unpaired) electrons. The van der Waals surface area contributed by atoms with Gasteiger partial charge in [-0.05, 0) is 19.1 Å². The Hall–Kier alpha value is -0.0600. The van der Waals surface area contributed by atoms with E-state index in [4.69, 9.17) is 24.4 Å². The summed E-state index contributed by atoms with van der Waals surface area (Å²) in [6.07, 6.45) is 0. The van der Waals surface area contributed by atoms with E-state index < -0.39 is 0 Å². The second-order valence-electron chi connectivity index (χ2n) is 3.14. The molecule has 0 saturated carbocycles. The average Bonchev–Trinajstić information content (AvgIpc) is 2.14. The number of rotatable bonds is 1. The van der Waals surface area contributed by atoms with Gasteiger partial charge in [-0.25, -0.2) is 4.48 Å². The molecule has 1 heterocycles. The number of likely N-dealkylation sites (N-methyl/N-ethyl adjacent to an activating group) is 2. The predicted molar refractivity (Wildman–Crippen MR) is 54.6 cm³/mol. The zero-order valence-corrected chi connectivity index (χ0v) is 8.76. The standard InChI is InChI=1S/C7H13N2S2/c1-4-8-5-6(10)9(2,3)7(8)11/h4-5H2,1-3H3/q+1. The van der Waals surface area contributed by atoms with E-state index in [1.807, 2.05) is 14.1 Å². The van der Waals surface area contributed by atoms with E-state index in [2.05, 4.69) is 11.8 Å². The van der Waals surface area contributed by atoms with Crippen LogP contribution in [0.1, 0.15) is 6.92 Å². The minimum absolute atomic E-state index is 0.610. The number of hydrogen-bond donors (Lipinski definition) is 0. The second-order valence-corrected chi connectivity index (χ2v) is 3.98. The fourth-order valence-electron chi connectivity index (χ4n) is 1.11. The molecule has 0 aliphatic carbocycles. The Morgan fingerprint density at radius 2 is 2.00 bits per heavy atom. The van der Waals surface area contributed by atoms with Gasteiger partial charge < -0.3 is 4.90 Å². The van der Waals surface area contributed by atoms with E-state index in [0.717, 1.165) is 23.2 Å². The SMILES string of the molecule is CCN1CC(=S)[N+](C)(C)C1=S. The highest BCUT2D eigenvalue weighted by Gasteiger charge is 2.40. The molecule has 0 spiro atoms. The Balaban J connectivity index is 2.89. The van der Waals surface area contributed by atoms with Crippen LogP contribution in [0.3, 0.4) is 0 Å². The molecule has 0 aromatic heterocycles. The van der Waals surface area contributed by atoms with Crippen LogP contribution in [0.15, 0.2) is 0 Å². The first-order valence-electron chi connectivity index (χ1n) is 3.67. The first-order valence-corrected chi connectivity index (χ1v) is 4.48. The van der Waals surface area contributed by atoms with Gasteiger partial charge in [0.2, 0.25) is 4.99 Å². The van der Waals surface area contributed by atoms with Gasteiger partial charge in [-0.2, -0.15) is 0 Å². The van der Waals surface area contributed by atoms with Crippen molar-refractivity contribution in [2.75, 3.05) is 27.2 Å². The van der Waals surface area contributed by atoms with Gasteiger partial charge in [-0.15, -0.1) is 0 Å². The van der Waals surface area contributed by atoms with Crippen LogP contribution in [0.2, 0.25) is 0 Å². The molecule has 1 fully saturated rings. The highest BCUT2D eigenvalue weighted by molar-refractivity contribution is 7.81. The number of nitrogens with zero attached hydrogens (tertiary/aromatic N) is 2. The molecule has 1 rings (SSSR count). The van der Waals surface area contributed by atoms with Crippen molar-refractivity contribution in [2.24, 2.45) is 0 Å². The molecule has 4 heteroatoms. The molecule has 1 aliphatic heterocycles. The van der Waals surface area contributed by atoms with E-state index in [1.54, 1.807) is 0 Å². The first kappa shape index (κ1) is 9.03. The predicted octanol–water partition coefficient (Wildman–Crippen LogP) is 1.01. The van der Waals surface area contributed by atoms with Crippen LogP contribution in [-0.4, -0.2) is 46.7 Å². The van der Waals surface area contributed by atoms with E-state index >= 15 is 0 Å². The highest BCUT2D eigenvalue weighted by Crippen LogP contribution is 2.16. The van der Waals surface area contributed by atoms with Crippen molar-refractivity contribution in [3.63, 3.8) is 0 Å². The zero-order valence-electron chi connectivity index (χ0n) is 7.13. The lowest BCUT2D eigenvalue weighted by Gasteiger charge is -2.22. The Kier molecular flexibility index (Phi) is 2.27. The van der Waals surface area contributed by atoms with Crippen LogP contribution >= 0.6 is 24.4 Å². The van der Waals surface area contributed by atoms with E-state index in [1.165, 1.54) is 0 Å². The molecule has 0 aromatic carbocycles. The summed E-state index contributed by atoms with van der Waals surface area (Å²) in [5.41, 5.74) is 0. The molecule has 0 atom stereocenters. The van der Waals surface area contributed by atoms with Crippen LogP contribution in [0, 0.1) is 0 Å². The van der Waals surface area contributed by atoms with Crippen molar-refractivity contribution < 1.29 is 4.48 Å². The normalized spacial score (nSPS) is 23.0. The summed E-state index contributed by atoms with van der Waals surface area (Å²) < 4.78 is 0.610. The number of quaternary nitrogens is 1. The molecule has 0 bridgehead atoms. The molecule has 0 unspecified atom stereocenters. The van der Waals surface area contributed by atoms with Gasteiger partial charge in [0.1, 0.15) is 6.54 Å². The van der Waals surface area contributed by atoms with E-state index in [9.17, 15) is 0 Å². The average molecular weight is 189 g/mol. The zero-order chi connectivity index (χ0) is 8.65. The fraction of sp³-hybridized carbons (Fsp3) is 0.714. The number of hydrogen-bond acceptors (Lipinski definition) is 2. The molecule has 0 N–H and O–H groups in total. The van der Waals surface area contributed by atoms with Crippen LogP contribution in [-0.2, 0) is 0 Å². The van der Waals surface area contributed by atoms with Crippen molar-refractivity contribution in [3.05, 3.63) is 0 Å². The molecule has 1 aliphatic rings. The van der Waals surface area contributed by atoms with E-state index in [-0.39, 0.29) is 0 Å². The second kappa shape index (κ2) is 2.77. The minimum Gasteiger partial charge on any atom is -0.307 e. The number of thiocarbonyl (C=S) groups is 2. The molecular formula is C7H13N2S2+. The summed E-state index contributed by atoms with van der Waals surface area (Å²) in [5.74, 6) is 0. The minimum atomic E-state index is 0.610. The Morgan fingerprint density at radius 1 is 1.45 bits per heavy atom. The van der Waals surface area contributed by atoms with Crippen molar-refractivity contribution >= 4 is 34.5 Å². The largest absolute Gasteiger partial charge is 0.307 e. The van der Waals surface area contributed by atoms with Gasteiger partial charge in [0.05, 0.1) is 14.1 Å². The maximum absolute atomic E-state index is 5.26. The van der Waals surface area contributed by atoms with Crippen molar-refractivity contribution in [1.29, 1.82) is 0 Å². The first-order chi connectivity index (χ1) is 5.00. The summed E-state index contributed by atoms with van der Waals surface area (Å²) in [5, 5.41) is 0.942. The van der Waals surface area contributed by atoms with Crippen LogP contribution in [0.5, 0.6) is 0 Å². The molecule has 11 heavy (non-hydrogen) atoms. The monoisotopic (exact) mass is 189 g/mol. The van der Waals surface area contributed by atoms with Crippen molar-refractivity contribution in [3.8, 4) is 0 Å². The summed E-state index contributed by atoms with van der Waals surface area (Å²) >= 11 is 10.5. The quantitative estimate of drug-likeness (QED) is 0.448. The van der Waals surface area contributed by atoms with Crippen LogP contribution in [0.25, 0.3) is 0 Å². The lowest BCUT2D eigenvalue weighted by molar-refractivity contribution is -0.692. The maximum atomic E-state index is 5.26.